The van der Waals surface area contributed by atoms with Crippen molar-refractivity contribution in [1.82, 2.24) is 9.97 Å². The molecule has 0 atom stereocenters. The molecule has 116 valence electrons. The van der Waals surface area contributed by atoms with Crippen LogP contribution in [0.2, 0.25) is 5.02 Å². The summed E-state index contributed by atoms with van der Waals surface area (Å²) < 4.78 is 0. The highest BCUT2D eigenvalue weighted by molar-refractivity contribution is 6.30. The Morgan fingerprint density at radius 1 is 1.18 bits per heavy atom. The molecule has 0 radical (unpaired) electrons. The number of nitrogens with zero attached hydrogens (tertiary/aromatic N) is 2. The molecule has 5 nitrogen and oxygen atoms in total. The SMILES string of the molecule is CCCCCNc1nccc(C(=O)Nc2ccc(Cl)cc2)n1. The number of amides is 1. The van der Waals surface area contributed by atoms with Crippen LogP contribution in [0.4, 0.5) is 11.6 Å². The van der Waals surface area contributed by atoms with E-state index in [0.29, 0.717) is 22.4 Å². The van der Waals surface area contributed by atoms with Crippen LogP contribution in [0, 0.1) is 0 Å². The molecule has 0 bridgehead atoms. The second-order valence-electron chi connectivity index (χ2n) is 4.86. The minimum Gasteiger partial charge on any atom is -0.354 e. The smallest absolute Gasteiger partial charge is 0.274 e. The normalized spacial score (nSPS) is 10.3. The second-order valence-corrected chi connectivity index (χ2v) is 5.30. The van der Waals surface area contributed by atoms with Crippen molar-refractivity contribution in [3.05, 3.63) is 47.2 Å². The van der Waals surface area contributed by atoms with E-state index in [1.165, 1.54) is 0 Å². The number of carbonyl (C=O) groups excluding carboxylic acids is 1. The molecule has 0 fully saturated rings. The van der Waals surface area contributed by atoms with Crippen molar-refractivity contribution in [2.75, 3.05) is 17.2 Å². The van der Waals surface area contributed by atoms with Crippen LogP contribution in [-0.4, -0.2) is 22.4 Å². The highest BCUT2D eigenvalue weighted by atomic mass is 35.5. The fraction of sp³-hybridized carbons (Fsp3) is 0.312. The summed E-state index contributed by atoms with van der Waals surface area (Å²) in [5.41, 5.74) is 0.994. The lowest BCUT2D eigenvalue weighted by atomic mass is 10.2. The summed E-state index contributed by atoms with van der Waals surface area (Å²) in [7, 11) is 0. The Morgan fingerprint density at radius 2 is 1.95 bits per heavy atom. The number of hydrogen-bond donors (Lipinski definition) is 2. The maximum absolute atomic E-state index is 12.2. The minimum absolute atomic E-state index is 0.277. The number of hydrogen-bond acceptors (Lipinski definition) is 4. The van der Waals surface area contributed by atoms with Gasteiger partial charge in [-0.15, -0.1) is 0 Å². The van der Waals surface area contributed by atoms with Crippen LogP contribution in [0.3, 0.4) is 0 Å². The van der Waals surface area contributed by atoms with Gasteiger partial charge >= 0.3 is 0 Å². The van der Waals surface area contributed by atoms with Crippen molar-refractivity contribution in [3.63, 3.8) is 0 Å². The molecule has 2 rings (SSSR count). The third kappa shape index (κ3) is 5.00. The number of nitrogens with one attached hydrogen (secondary N) is 2. The minimum atomic E-state index is -0.277. The van der Waals surface area contributed by atoms with E-state index in [1.54, 1.807) is 36.5 Å². The number of benzene rings is 1. The van der Waals surface area contributed by atoms with E-state index < -0.39 is 0 Å². The molecule has 0 aliphatic carbocycles. The molecule has 0 aliphatic heterocycles. The molecule has 2 N–H and O–H groups in total. The first-order valence-electron chi connectivity index (χ1n) is 7.33. The summed E-state index contributed by atoms with van der Waals surface area (Å²) in [5, 5.41) is 6.52. The topological polar surface area (TPSA) is 66.9 Å². The lowest BCUT2D eigenvalue weighted by Crippen LogP contribution is -2.15. The molecule has 0 spiro atoms. The van der Waals surface area contributed by atoms with Gasteiger partial charge in [-0.2, -0.15) is 0 Å². The summed E-state index contributed by atoms with van der Waals surface area (Å²) >= 11 is 5.82. The van der Waals surface area contributed by atoms with Crippen molar-refractivity contribution in [2.45, 2.75) is 26.2 Å². The molecule has 1 heterocycles. The fourth-order valence-corrected chi connectivity index (χ4v) is 2.00. The second kappa shape index (κ2) is 8.34. The van der Waals surface area contributed by atoms with Crippen LogP contribution in [0.1, 0.15) is 36.7 Å². The molecule has 1 aromatic heterocycles. The monoisotopic (exact) mass is 318 g/mol. The Hall–Kier alpha value is -2.14. The number of halogens is 1. The van der Waals surface area contributed by atoms with Crippen molar-refractivity contribution in [2.24, 2.45) is 0 Å². The van der Waals surface area contributed by atoms with E-state index in [-0.39, 0.29) is 5.91 Å². The lowest BCUT2D eigenvalue weighted by molar-refractivity contribution is 0.102. The number of unbranched alkanes of at least 4 members (excludes halogenated alkanes) is 2. The molecular weight excluding hydrogens is 300 g/mol. The van der Waals surface area contributed by atoms with Crippen LogP contribution >= 0.6 is 11.6 Å². The summed E-state index contributed by atoms with van der Waals surface area (Å²) in [6.45, 7) is 2.95. The third-order valence-corrected chi connectivity index (χ3v) is 3.31. The van der Waals surface area contributed by atoms with Crippen molar-refractivity contribution < 1.29 is 4.79 Å². The van der Waals surface area contributed by atoms with Gasteiger partial charge in [-0.05, 0) is 36.8 Å². The van der Waals surface area contributed by atoms with Gasteiger partial charge in [0.05, 0.1) is 0 Å². The number of rotatable bonds is 7. The standard InChI is InChI=1S/C16H19ClN4O/c1-2-3-4-10-18-16-19-11-9-14(21-16)15(22)20-13-7-5-12(17)6-8-13/h5-9,11H,2-4,10H2,1H3,(H,20,22)(H,18,19,21). The maximum atomic E-state index is 12.2. The molecule has 0 unspecified atom stereocenters. The Balaban J connectivity index is 1.96. The highest BCUT2D eigenvalue weighted by Gasteiger charge is 2.09. The van der Waals surface area contributed by atoms with Crippen molar-refractivity contribution in [1.29, 1.82) is 0 Å². The van der Waals surface area contributed by atoms with Crippen LogP contribution in [0.25, 0.3) is 0 Å². The first-order valence-corrected chi connectivity index (χ1v) is 7.70. The first-order chi connectivity index (χ1) is 10.7. The first kappa shape index (κ1) is 16.2. The van der Waals surface area contributed by atoms with Crippen LogP contribution < -0.4 is 10.6 Å². The highest BCUT2D eigenvalue weighted by Crippen LogP contribution is 2.14. The molecule has 1 amide bonds. The van der Waals surface area contributed by atoms with Gasteiger partial charge in [0, 0.05) is 23.5 Å². The van der Waals surface area contributed by atoms with Gasteiger partial charge < -0.3 is 10.6 Å². The predicted molar refractivity (Wildman–Crippen MR) is 89.5 cm³/mol. The fourth-order valence-electron chi connectivity index (χ4n) is 1.87. The number of carbonyl (C=O) groups is 1. The van der Waals surface area contributed by atoms with E-state index in [4.69, 9.17) is 11.6 Å². The van der Waals surface area contributed by atoms with Crippen LogP contribution in [-0.2, 0) is 0 Å². The number of aromatic nitrogens is 2. The molecule has 0 saturated heterocycles. The molecule has 22 heavy (non-hydrogen) atoms. The third-order valence-electron chi connectivity index (χ3n) is 3.05. The van der Waals surface area contributed by atoms with Gasteiger partial charge in [0.1, 0.15) is 5.69 Å². The molecule has 1 aromatic carbocycles. The summed E-state index contributed by atoms with van der Waals surface area (Å²) in [5.74, 6) is 0.196. The van der Waals surface area contributed by atoms with Gasteiger partial charge in [0.15, 0.2) is 0 Å². The zero-order valence-corrected chi connectivity index (χ0v) is 13.2. The summed E-state index contributed by atoms with van der Waals surface area (Å²) in [6.07, 6.45) is 4.95. The zero-order valence-electron chi connectivity index (χ0n) is 12.5. The summed E-state index contributed by atoms with van der Waals surface area (Å²) in [6, 6.07) is 8.51. The molecule has 0 aliphatic rings. The summed E-state index contributed by atoms with van der Waals surface area (Å²) in [4.78, 5) is 20.5. The molecule has 2 aromatic rings. The van der Waals surface area contributed by atoms with Gasteiger partial charge in [-0.25, -0.2) is 9.97 Å². The van der Waals surface area contributed by atoms with E-state index in [1.807, 2.05) is 0 Å². The molecule has 0 saturated carbocycles. The van der Waals surface area contributed by atoms with E-state index in [0.717, 1.165) is 25.8 Å². The maximum Gasteiger partial charge on any atom is 0.274 e. The Morgan fingerprint density at radius 3 is 2.68 bits per heavy atom. The van der Waals surface area contributed by atoms with Gasteiger partial charge in [0.2, 0.25) is 5.95 Å². The number of anilines is 2. The van der Waals surface area contributed by atoms with Crippen LogP contribution in [0.15, 0.2) is 36.5 Å². The van der Waals surface area contributed by atoms with Gasteiger partial charge in [0.25, 0.3) is 5.91 Å². The van der Waals surface area contributed by atoms with Crippen LogP contribution in [0.5, 0.6) is 0 Å². The Bertz CT molecular complexity index is 616. The molecular formula is C16H19ClN4O. The van der Waals surface area contributed by atoms with Gasteiger partial charge in [-0.1, -0.05) is 31.4 Å². The van der Waals surface area contributed by atoms with Crippen molar-refractivity contribution in [3.8, 4) is 0 Å². The van der Waals surface area contributed by atoms with Gasteiger partial charge in [-0.3, -0.25) is 4.79 Å². The van der Waals surface area contributed by atoms with E-state index >= 15 is 0 Å². The predicted octanol–water partition coefficient (Wildman–Crippen LogP) is 3.98. The largest absolute Gasteiger partial charge is 0.354 e. The Kier molecular flexibility index (Phi) is 6.15. The average molecular weight is 319 g/mol. The zero-order chi connectivity index (χ0) is 15.8. The average Bonchev–Trinajstić information content (AvgIpc) is 2.54. The Labute approximate surface area is 135 Å². The van der Waals surface area contributed by atoms with E-state index in [9.17, 15) is 4.79 Å². The molecule has 6 heteroatoms. The van der Waals surface area contributed by atoms with E-state index in [2.05, 4.69) is 27.5 Å². The van der Waals surface area contributed by atoms with Crippen molar-refractivity contribution >= 4 is 29.1 Å². The lowest BCUT2D eigenvalue weighted by Gasteiger charge is -2.07. The quantitative estimate of drug-likeness (QED) is 0.758.